The Labute approximate surface area is 142 Å². The van der Waals surface area contributed by atoms with Gasteiger partial charge in [-0.05, 0) is 42.9 Å². The van der Waals surface area contributed by atoms with E-state index in [1.807, 2.05) is 36.4 Å². The summed E-state index contributed by atoms with van der Waals surface area (Å²) >= 11 is 0. The monoisotopic (exact) mass is 322 g/mol. The third-order valence-corrected chi connectivity index (χ3v) is 4.16. The van der Waals surface area contributed by atoms with E-state index in [1.54, 1.807) is 6.07 Å². The van der Waals surface area contributed by atoms with Gasteiger partial charge in [0.2, 0.25) is 0 Å². The number of benzene rings is 2. The number of hydrogen-bond donors (Lipinski definition) is 2. The van der Waals surface area contributed by atoms with Crippen molar-refractivity contribution < 1.29 is 5.11 Å². The second kappa shape index (κ2) is 7.27. The lowest BCUT2D eigenvalue weighted by Gasteiger charge is -2.19. The van der Waals surface area contributed by atoms with Crippen molar-refractivity contribution in [2.45, 2.75) is 20.4 Å². The number of para-hydroxylation sites is 1. The summed E-state index contributed by atoms with van der Waals surface area (Å²) in [6.45, 7) is 7.14. The Morgan fingerprint density at radius 1 is 1.04 bits per heavy atom. The molecule has 0 amide bonds. The Bertz CT molecular complexity index is 825. The molecule has 0 aliphatic heterocycles. The van der Waals surface area contributed by atoms with E-state index in [4.69, 9.17) is 0 Å². The van der Waals surface area contributed by atoms with Crippen LogP contribution in [0.4, 0.5) is 11.5 Å². The summed E-state index contributed by atoms with van der Waals surface area (Å²) in [5.74, 6) is 0.900. The maximum Gasteiger partial charge on any atom is 0.141 e. The number of aromatic nitrogens is 2. The molecule has 2 aromatic carbocycles. The first-order chi connectivity index (χ1) is 11.7. The lowest BCUT2D eigenvalue weighted by molar-refractivity contribution is 0.296. The Morgan fingerprint density at radius 3 is 2.62 bits per heavy atom. The number of phenols is 1. The van der Waals surface area contributed by atoms with Crippen LogP contribution in [0.15, 0.2) is 48.8 Å². The highest BCUT2D eigenvalue weighted by Crippen LogP contribution is 2.30. The van der Waals surface area contributed by atoms with Gasteiger partial charge in [-0.3, -0.25) is 4.90 Å². The zero-order valence-electron chi connectivity index (χ0n) is 14.0. The van der Waals surface area contributed by atoms with E-state index < -0.39 is 0 Å². The third-order valence-electron chi connectivity index (χ3n) is 4.16. The van der Waals surface area contributed by atoms with Crippen molar-refractivity contribution in [1.29, 1.82) is 0 Å². The fourth-order valence-electron chi connectivity index (χ4n) is 2.72. The van der Waals surface area contributed by atoms with Gasteiger partial charge in [0.25, 0.3) is 0 Å². The van der Waals surface area contributed by atoms with Gasteiger partial charge >= 0.3 is 0 Å². The number of aromatic hydroxyl groups is 1. The molecule has 1 heterocycles. The van der Waals surface area contributed by atoms with Gasteiger partial charge in [0, 0.05) is 11.9 Å². The van der Waals surface area contributed by atoms with Crippen LogP contribution in [0.3, 0.4) is 0 Å². The van der Waals surface area contributed by atoms with Gasteiger partial charge in [0.15, 0.2) is 0 Å². The molecule has 0 bridgehead atoms. The highest BCUT2D eigenvalue weighted by atomic mass is 16.3. The summed E-state index contributed by atoms with van der Waals surface area (Å²) in [5.41, 5.74) is 2.68. The Hall–Kier alpha value is -2.66. The van der Waals surface area contributed by atoms with E-state index in [9.17, 15) is 5.11 Å². The molecular formula is C19H22N4O. The number of hydrogen-bond acceptors (Lipinski definition) is 5. The van der Waals surface area contributed by atoms with Crippen LogP contribution < -0.4 is 5.32 Å². The molecule has 3 aromatic rings. The number of phenolic OH excluding ortho intramolecular Hbond substituents is 1. The summed E-state index contributed by atoms with van der Waals surface area (Å²) in [5, 5.41) is 14.4. The minimum absolute atomic E-state index is 0.209. The predicted molar refractivity (Wildman–Crippen MR) is 97.6 cm³/mol. The van der Waals surface area contributed by atoms with Gasteiger partial charge in [-0.25, -0.2) is 9.97 Å². The molecule has 0 atom stereocenters. The summed E-state index contributed by atoms with van der Waals surface area (Å²) in [4.78, 5) is 10.9. The first-order valence-electron chi connectivity index (χ1n) is 8.22. The van der Waals surface area contributed by atoms with E-state index in [-0.39, 0.29) is 5.75 Å². The number of fused-ring (bicyclic) bond motifs is 1. The number of rotatable bonds is 6. The summed E-state index contributed by atoms with van der Waals surface area (Å²) in [6, 6.07) is 13.5. The number of nitrogens with zero attached hydrogens (tertiary/aromatic N) is 3. The molecule has 0 spiro atoms. The van der Waals surface area contributed by atoms with E-state index in [0.29, 0.717) is 11.5 Å². The molecule has 0 aliphatic rings. The van der Waals surface area contributed by atoms with E-state index >= 15 is 0 Å². The Kier molecular flexibility index (Phi) is 4.91. The molecule has 3 rings (SSSR count). The van der Waals surface area contributed by atoms with Crippen molar-refractivity contribution >= 4 is 22.4 Å². The van der Waals surface area contributed by atoms with Crippen LogP contribution in [-0.2, 0) is 6.54 Å². The van der Waals surface area contributed by atoms with Crippen molar-refractivity contribution in [3.8, 4) is 5.75 Å². The van der Waals surface area contributed by atoms with Crippen LogP contribution >= 0.6 is 0 Å². The molecule has 0 fully saturated rings. The molecule has 5 heteroatoms. The normalized spacial score (nSPS) is 11.1. The van der Waals surface area contributed by atoms with Crippen molar-refractivity contribution in [3.63, 3.8) is 0 Å². The molecule has 0 saturated carbocycles. The van der Waals surface area contributed by atoms with Crippen molar-refractivity contribution in [2.75, 3.05) is 18.4 Å². The maximum absolute atomic E-state index is 10.2. The maximum atomic E-state index is 10.2. The summed E-state index contributed by atoms with van der Waals surface area (Å²) < 4.78 is 0. The highest BCUT2D eigenvalue weighted by Gasteiger charge is 2.09. The van der Waals surface area contributed by atoms with Crippen LogP contribution in [0.1, 0.15) is 19.4 Å². The average molecular weight is 322 g/mol. The minimum Gasteiger partial charge on any atom is -0.506 e. The first-order valence-corrected chi connectivity index (χ1v) is 8.22. The molecule has 124 valence electrons. The van der Waals surface area contributed by atoms with Gasteiger partial charge < -0.3 is 10.4 Å². The fraction of sp³-hybridized carbons (Fsp3) is 0.263. The minimum atomic E-state index is 0.209. The van der Waals surface area contributed by atoms with E-state index in [0.717, 1.165) is 36.1 Å². The molecule has 0 radical (unpaired) electrons. The van der Waals surface area contributed by atoms with Crippen molar-refractivity contribution in [3.05, 3.63) is 54.4 Å². The standard InChI is InChI=1S/C19H22N4O/c1-3-23(4-2)12-14-9-10-18(24)17(11-14)22-19-15-7-5-6-8-16(15)20-13-21-19/h5-11,13,24H,3-4,12H2,1-2H3,(H,20,21,22). The van der Waals surface area contributed by atoms with Crippen LogP contribution in [0.5, 0.6) is 5.75 Å². The second-order valence-corrected chi connectivity index (χ2v) is 5.68. The lowest BCUT2D eigenvalue weighted by atomic mass is 10.1. The van der Waals surface area contributed by atoms with Crippen molar-refractivity contribution in [1.82, 2.24) is 14.9 Å². The van der Waals surface area contributed by atoms with Gasteiger partial charge in [0.1, 0.15) is 17.9 Å². The van der Waals surface area contributed by atoms with Crippen molar-refractivity contribution in [2.24, 2.45) is 0 Å². The zero-order valence-corrected chi connectivity index (χ0v) is 14.0. The van der Waals surface area contributed by atoms with E-state index in [2.05, 4.69) is 34.0 Å². The third kappa shape index (κ3) is 3.46. The van der Waals surface area contributed by atoms with Gasteiger partial charge in [0.05, 0.1) is 11.2 Å². The SMILES string of the molecule is CCN(CC)Cc1ccc(O)c(Nc2ncnc3ccccc23)c1. The van der Waals surface area contributed by atoms with E-state index in [1.165, 1.54) is 6.33 Å². The van der Waals surface area contributed by atoms with Gasteiger partial charge in [-0.15, -0.1) is 0 Å². The zero-order chi connectivity index (χ0) is 16.9. The van der Waals surface area contributed by atoms with Gasteiger partial charge in [-0.2, -0.15) is 0 Å². The summed E-state index contributed by atoms with van der Waals surface area (Å²) in [6.07, 6.45) is 1.53. The fourth-order valence-corrected chi connectivity index (χ4v) is 2.72. The molecule has 0 saturated heterocycles. The largest absolute Gasteiger partial charge is 0.506 e. The second-order valence-electron chi connectivity index (χ2n) is 5.68. The van der Waals surface area contributed by atoms with Crippen LogP contribution in [0, 0.1) is 0 Å². The van der Waals surface area contributed by atoms with Crippen LogP contribution in [0.2, 0.25) is 0 Å². The molecule has 24 heavy (non-hydrogen) atoms. The number of anilines is 2. The predicted octanol–water partition coefficient (Wildman–Crippen LogP) is 3.92. The smallest absolute Gasteiger partial charge is 0.141 e. The molecule has 2 N–H and O–H groups in total. The molecular weight excluding hydrogens is 300 g/mol. The molecule has 1 aromatic heterocycles. The molecule has 0 aliphatic carbocycles. The quantitative estimate of drug-likeness (QED) is 0.674. The highest BCUT2D eigenvalue weighted by molar-refractivity contribution is 5.90. The molecule has 5 nitrogen and oxygen atoms in total. The van der Waals surface area contributed by atoms with Crippen LogP contribution in [0.25, 0.3) is 10.9 Å². The first kappa shape index (κ1) is 16.2. The summed E-state index contributed by atoms with van der Waals surface area (Å²) in [7, 11) is 0. The van der Waals surface area contributed by atoms with Crippen LogP contribution in [-0.4, -0.2) is 33.1 Å². The Morgan fingerprint density at radius 2 is 1.83 bits per heavy atom. The average Bonchev–Trinajstić information content (AvgIpc) is 2.62. The van der Waals surface area contributed by atoms with Gasteiger partial charge in [-0.1, -0.05) is 32.0 Å². The lowest BCUT2D eigenvalue weighted by Crippen LogP contribution is -2.22. The molecule has 0 unspecified atom stereocenters. The topological polar surface area (TPSA) is 61.3 Å². The number of nitrogens with one attached hydrogen (secondary N) is 1. The Balaban J connectivity index is 1.91.